The van der Waals surface area contributed by atoms with Crippen molar-refractivity contribution in [1.29, 1.82) is 0 Å². The Bertz CT molecular complexity index is 804. The van der Waals surface area contributed by atoms with Crippen molar-refractivity contribution in [2.45, 2.75) is 6.42 Å². The van der Waals surface area contributed by atoms with Crippen LogP contribution in [0.3, 0.4) is 0 Å². The smallest absolute Gasteiger partial charge is 0.323 e. The summed E-state index contributed by atoms with van der Waals surface area (Å²) in [4.78, 5) is 21.1. The summed E-state index contributed by atoms with van der Waals surface area (Å²) in [7, 11) is 1.61. The summed E-state index contributed by atoms with van der Waals surface area (Å²) in [6, 6.07) is 3.62. The van der Waals surface area contributed by atoms with Crippen LogP contribution in [-0.4, -0.2) is 33.8 Å². The molecular weight excluding hydrogens is 328 g/mol. The van der Waals surface area contributed by atoms with Gasteiger partial charge in [0.1, 0.15) is 0 Å². The van der Waals surface area contributed by atoms with Crippen LogP contribution in [0.4, 0.5) is 0 Å². The molecule has 7 nitrogen and oxygen atoms in total. The van der Waals surface area contributed by atoms with Crippen molar-refractivity contribution in [2.75, 3.05) is 13.7 Å². The van der Waals surface area contributed by atoms with Crippen LogP contribution in [0.15, 0.2) is 25.9 Å². The molecule has 2 heterocycles. The number of nitrogens with one attached hydrogen (secondary N) is 2. The van der Waals surface area contributed by atoms with Gasteiger partial charge in [0.15, 0.2) is 5.82 Å². The number of halogens is 1. The van der Waals surface area contributed by atoms with E-state index in [9.17, 15) is 4.79 Å². The van der Waals surface area contributed by atoms with Gasteiger partial charge in [-0.15, -0.1) is 0 Å². The molecule has 2 N–H and O–H groups in total. The van der Waals surface area contributed by atoms with E-state index >= 15 is 0 Å². The quantitative estimate of drug-likeness (QED) is 0.756. The molecule has 0 saturated heterocycles. The van der Waals surface area contributed by atoms with E-state index in [0.717, 1.165) is 4.47 Å². The number of fused-ring (bicyclic) bond motifs is 1. The molecule has 3 aromatic rings. The first kappa shape index (κ1) is 13.1. The number of aromatic nitrogens is 4. The van der Waals surface area contributed by atoms with Gasteiger partial charge in [-0.05, 0) is 12.1 Å². The van der Waals surface area contributed by atoms with Gasteiger partial charge in [-0.2, -0.15) is 4.98 Å². The fourth-order valence-corrected chi connectivity index (χ4v) is 2.39. The zero-order chi connectivity index (χ0) is 14.1. The molecule has 0 saturated carbocycles. The van der Waals surface area contributed by atoms with Gasteiger partial charge >= 0.3 is 5.69 Å². The van der Waals surface area contributed by atoms with E-state index in [4.69, 9.17) is 9.26 Å². The fourth-order valence-electron chi connectivity index (χ4n) is 1.93. The second kappa shape index (κ2) is 5.22. The third-order valence-corrected chi connectivity index (χ3v) is 3.28. The first-order valence-electron chi connectivity index (χ1n) is 5.91. The van der Waals surface area contributed by atoms with Crippen molar-refractivity contribution in [1.82, 2.24) is 20.1 Å². The van der Waals surface area contributed by atoms with Crippen LogP contribution in [0.1, 0.15) is 5.82 Å². The summed E-state index contributed by atoms with van der Waals surface area (Å²) in [6.45, 7) is 0.522. The Hall–Kier alpha value is -1.93. The van der Waals surface area contributed by atoms with Crippen LogP contribution < -0.4 is 5.69 Å². The maximum atomic E-state index is 11.4. The van der Waals surface area contributed by atoms with Crippen LogP contribution in [-0.2, 0) is 11.2 Å². The summed E-state index contributed by atoms with van der Waals surface area (Å²) < 4.78 is 11.0. The highest BCUT2D eigenvalue weighted by atomic mass is 79.9. The minimum atomic E-state index is -0.279. The SMILES string of the molecule is COCCc1noc(-c2cc(Br)cc3[nH]c(=O)[nH]c23)n1. The van der Waals surface area contributed by atoms with Gasteiger partial charge in [0.25, 0.3) is 5.89 Å². The lowest BCUT2D eigenvalue weighted by molar-refractivity contribution is 0.199. The molecule has 3 rings (SSSR count). The minimum Gasteiger partial charge on any atom is -0.384 e. The molecule has 8 heteroatoms. The van der Waals surface area contributed by atoms with Crippen LogP contribution in [0.5, 0.6) is 0 Å². The predicted octanol–water partition coefficient (Wildman–Crippen LogP) is 1.86. The van der Waals surface area contributed by atoms with Crippen molar-refractivity contribution in [3.8, 4) is 11.5 Å². The molecule has 0 atom stereocenters. The fraction of sp³-hybridized carbons (Fsp3) is 0.250. The van der Waals surface area contributed by atoms with E-state index in [2.05, 4.69) is 36.0 Å². The molecule has 20 heavy (non-hydrogen) atoms. The van der Waals surface area contributed by atoms with Crippen LogP contribution in [0.2, 0.25) is 0 Å². The maximum Gasteiger partial charge on any atom is 0.323 e. The summed E-state index contributed by atoms with van der Waals surface area (Å²) in [5.74, 6) is 0.922. The average molecular weight is 339 g/mol. The van der Waals surface area contributed by atoms with Gasteiger partial charge in [-0.3, -0.25) is 0 Å². The molecular formula is C12H11BrN4O3. The van der Waals surface area contributed by atoms with E-state index in [-0.39, 0.29) is 5.69 Å². The van der Waals surface area contributed by atoms with Crippen molar-refractivity contribution in [3.05, 3.63) is 32.9 Å². The highest BCUT2D eigenvalue weighted by Gasteiger charge is 2.15. The van der Waals surface area contributed by atoms with Crippen molar-refractivity contribution >= 4 is 27.0 Å². The minimum absolute atomic E-state index is 0.279. The molecule has 0 radical (unpaired) electrons. The van der Waals surface area contributed by atoms with E-state index < -0.39 is 0 Å². The van der Waals surface area contributed by atoms with Crippen LogP contribution >= 0.6 is 15.9 Å². The number of H-pyrrole nitrogens is 2. The number of hydrogen-bond donors (Lipinski definition) is 2. The zero-order valence-corrected chi connectivity index (χ0v) is 12.2. The number of ether oxygens (including phenoxy) is 1. The molecule has 1 aromatic carbocycles. The zero-order valence-electron chi connectivity index (χ0n) is 10.6. The highest BCUT2D eigenvalue weighted by Crippen LogP contribution is 2.28. The normalized spacial score (nSPS) is 11.3. The van der Waals surface area contributed by atoms with E-state index in [1.54, 1.807) is 13.2 Å². The average Bonchev–Trinajstić information content (AvgIpc) is 3.01. The third-order valence-electron chi connectivity index (χ3n) is 2.82. The molecule has 0 fully saturated rings. The molecule has 0 aliphatic rings. The molecule has 2 aromatic heterocycles. The van der Waals surface area contributed by atoms with Gasteiger partial charge in [0, 0.05) is 18.0 Å². The second-order valence-corrected chi connectivity index (χ2v) is 5.13. The second-order valence-electron chi connectivity index (χ2n) is 4.21. The lowest BCUT2D eigenvalue weighted by Gasteiger charge is -1.98. The molecule has 0 amide bonds. The molecule has 0 aliphatic heterocycles. The van der Waals surface area contributed by atoms with E-state index in [1.807, 2.05) is 6.07 Å². The maximum absolute atomic E-state index is 11.4. The molecule has 0 aliphatic carbocycles. The van der Waals surface area contributed by atoms with Crippen molar-refractivity contribution in [3.63, 3.8) is 0 Å². The van der Waals surface area contributed by atoms with Gasteiger partial charge < -0.3 is 19.2 Å². The highest BCUT2D eigenvalue weighted by molar-refractivity contribution is 9.10. The Morgan fingerprint density at radius 3 is 3.05 bits per heavy atom. The first-order valence-corrected chi connectivity index (χ1v) is 6.70. The molecule has 0 unspecified atom stereocenters. The summed E-state index contributed by atoms with van der Waals surface area (Å²) in [5.41, 5.74) is 1.71. The Morgan fingerprint density at radius 2 is 2.25 bits per heavy atom. The number of hydrogen-bond acceptors (Lipinski definition) is 5. The Labute approximate surface area is 121 Å². The van der Waals surface area contributed by atoms with Crippen LogP contribution in [0, 0.1) is 0 Å². The standard InChI is InChI=1S/C12H11BrN4O3/c1-19-3-2-9-15-11(20-17-9)7-4-6(13)5-8-10(7)16-12(18)14-8/h4-5H,2-3H2,1H3,(H2,14,16,18). The van der Waals surface area contributed by atoms with Gasteiger partial charge in [0.2, 0.25) is 0 Å². The van der Waals surface area contributed by atoms with Gasteiger partial charge in [-0.1, -0.05) is 21.1 Å². The Balaban J connectivity index is 2.09. The van der Waals surface area contributed by atoms with Gasteiger partial charge in [0.05, 0.1) is 23.2 Å². The number of benzene rings is 1. The summed E-state index contributed by atoms with van der Waals surface area (Å²) in [5, 5.41) is 3.89. The number of rotatable bonds is 4. The number of nitrogens with zero attached hydrogens (tertiary/aromatic N) is 2. The monoisotopic (exact) mass is 338 g/mol. The predicted molar refractivity (Wildman–Crippen MR) is 75.5 cm³/mol. The van der Waals surface area contributed by atoms with Crippen molar-refractivity contribution < 1.29 is 9.26 Å². The Morgan fingerprint density at radius 1 is 1.40 bits per heavy atom. The number of aromatic amines is 2. The topological polar surface area (TPSA) is 96.8 Å². The molecule has 104 valence electrons. The number of imidazole rings is 1. The largest absolute Gasteiger partial charge is 0.384 e. The van der Waals surface area contributed by atoms with E-state index in [1.165, 1.54) is 0 Å². The van der Waals surface area contributed by atoms with E-state index in [0.29, 0.717) is 41.3 Å². The first-order chi connectivity index (χ1) is 9.67. The van der Waals surface area contributed by atoms with Crippen LogP contribution in [0.25, 0.3) is 22.5 Å². The lowest BCUT2D eigenvalue weighted by atomic mass is 10.2. The lowest BCUT2D eigenvalue weighted by Crippen LogP contribution is -1.99. The van der Waals surface area contributed by atoms with Crippen molar-refractivity contribution in [2.24, 2.45) is 0 Å². The third kappa shape index (κ3) is 2.39. The van der Waals surface area contributed by atoms with Gasteiger partial charge in [-0.25, -0.2) is 4.79 Å². The summed E-state index contributed by atoms with van der Waals surface area (Å²) >= 11 is 3.39. The number of methoxy groups -OCH3 is 1. The molecule has 0 bridgehead atoms. The Kier molecular flexibility index (Phi) is 3.41. The summed E-state index contributed by atoms with van der Waals surface area (Å²) in [6.07, 6.45) is 0.570. The molecule has 0 spiro atoms.